The van der Waals surface area contributed by atoms with Gasteiger partial charge in [-0.25, -0.2) is 0 Å². The Morgan fingerprint density at radius 2 is 2.31 bits per heavy atom. The maximum Gasteiger partial charge on any atom is 0.162 e. The molecule has 1 saturated heterocycles. The number of rotatable bonds is 4. The molecule has 1 aromatic carbocycles. The predicted octanol–water partition coefficient (Wildman–Crippen LogP) is 1.84. The lowest BCUT2D eigenvalue weighted by Crippen LogP contribution is -2.16. The molecule has 0 spiro atoms. The van der Waals surface area contributed by atoms with Crippen molar-refractivity contribution in [2.24, 2.45) is 0 Å². The van der Waals surface area contributed by atoms with Crippen molar-refractivity contribution in [1.29, 1.82) is 0 Å². The fraction of sp³-hybridized carbons (Fsp3) is 0.500. The van der Waals surface area contributed by atoms with Gasteiger partial charge in [-0.1, -0.05) is 0 Å². The van der Waals surface area contributed by atoms with Gasteiger partial charge in [0.15, 0.2) is 11.5 Å². The van der Waals surface area contributed by atoms with Gasteiger partial charge in [0.05, 0.1) is 13.2 Å². The number of nitrogen functional groups attached to an aromatic ring is 1. The Bertz CT molecular complexity index is 348. The summed E-state index contributed by atoms with van der Waals surface area (Å²) in [6, 6.07) is 5.38. The third-order valence-electron chi connectivity index (χ3n) is 2.64. The van der Waals surface area contributed by atoms with Crippen LogP contribution in [0.1, 0.15) is 12.8 Å². The van der Waals surface area contributed by atoms with E-state index in [9.17, 15) is 0 Å². The van der Waals surface area contributed by atoms with Crippen molar-refractivity contribution in [1.82, 2.24) is 0 Å². The van der Waals surface area contributed by atoms with Crippen LogP contribution in [0.2, 0.25) is 0 Å². The van der Waals surface area contributed by atoms with Crippen molar-refractivity contribution in [2.45, 2.75) is 18.9 Å². The lowest BCUT2D eigenvalue weighted by Gasteiger charge is -2.14. The van der Waals surface area contributed by atoms with E-state index < -0.39 is 0 Å². The first kappa shape index (κ1) is 11.1. The highest BCUT2D eigenvalue weighted by molar-refractivity contribution is 5.51. The Morgan fingerprint density at radius 3 is 3.00 bits per heavy atom. The molecule has 1 aliphatic rings. The van der Waals surface area contributed by atoms with E-state index in [1.165, 1.54) is 0 Å². The Kier molecular flexibility index (Phi) is 3.51. The van der Waals surface area contributed by atoms with Gasteiger partial charge in [0, 0.05) is 18.4 Å². The second-order valence-corrected chi connectivity index (χ2v) is 3.86. The fourth-order valence-electron chi connectivity index (χ4n) is 1.76. The summed E-state index contributed by atoms with van der Waals surface area (Å²) in [6.07, 6.45) is 2.40. The lowest BCUT2D eigenvalue weighted by molar-refractivity contribution is 0.0670. The van der Waals surface area contributed by atoms with Gasteiger partial charge in [-0.05, 0) is 25.0 Å². The van der Waals surface area contributed by atoms with Gasteiger partial charge in [-0.15, -0.1) is 0 Å². The van der Waals surface area contributed by atoms with Gasteiger partial charge < -0.3 is 19.9 Å². The molecule has 0 aromatic heterocycles. The average Bonchev–Trinajstić information content (AvgIpc) is 2.80. The Morgan fingerprint density at radius 1 is 1.44 bits per heavy atom. The van der Waals surface area contributed by atoms with Gasteiger partial charge >= 0.3 is 0 Å². The molecule has 0 bridgehead atoms. The molecule has 1 aliphatic heterocycles. The van der Waals surface area contributed by atoms with Crippen LogP contribution in [0, 0.1) is 0 Å². The molecule has 0 saturated carbocycles. The van der Waals surface area contributed by atoms with Crippen molar-refractivity contribution < 1.29 is 14.2 Å². The van der Waals surface area contributed by atoms with Crippen LogP contribution >= 0.6 is 0 Å². The first-order valence-corrected chi connectivity index (χ1v) is 5.47. The topological polar surface area (TPSA) is 53.7 Å². The summed E-state index contributed by atoms with van der Waals surface area (Å²) in [6.45, 7) is 1.41. The normalized spacial score (nSPS) is 19.7. The molecule has 2 N–H and O–H groups in total. The zero-order valence-electron chi connectivity index (χ0n) is 9.44. The zero-order valence-corrected chi connectivity index (χ0v) is 9.44. The van der Waals surface area contributed by atoms with Crippen molar-refractivity contribution >= 4 is 5.69 Å². The summed E-state index contributed by atoms with van der Waals surface area (Å²) in [5, 5.41) is 0. The first-order valence-electron chi connectivity index (χ1n) is 5.47. The van der Waals surface area contributed by atoms with Crippen LogP contribution in [0.4, 0.5) is 5.69 Å². The molecule has 0 amide bonds. The molecular weight excluding hydrogens is 206 g/mol. The first-order chi connectivity index (χ1) is 7.79. The van der Waals surface area contributed by atoms with Crippen molar-refractivity contribution in [3.8, 4) is 11.5 Å². The van der Waals surface area contributed by atoms with E-state index in [-0.39, 0.29) is 6.10 Å². The lowest BCUT2D eigenvalue weighted by atomic mass is 10.2. The molecule has 1 aromatic rings. The van der Waals surface area contributed by atoms with E-state index in [2.05, 4.69) is 0 Å². The summed E-state index contributed by atoms with van der Waals surface area (Å²) in [7, 11) is 1.60. The number of anilines is 1. The van der Waals surface area contributed by atoms with Crippen molar-refractivity contribution in [3.63, 3.8) is 0 Å². The van der Waals surface area contributed by atoms with Gasteiger partial charge in [0.1, 0.15) is 6.61 Å². The van der Waals surface area contributed by atoms with Crippen LogP contribution < -0.4 is 15.2 Å². The van der Waals surface area contributed by atoms with E-state index in [1.54, 1.807) is 19.2 Å². The molecule has 0 aliphatic carbocycles. The second-order valence-electron chi connectivity index (χ2n) is 3.86. The smallest absolute Gasteiger partial charge is 0.162 e. The quantitative estimate of drug-likeness (QED) is 0.791. The van der Waals surface area contributed by atoms with Gasteiger partial charge in [-0.3, -0.25) is 0 Å². The highest BCUT2D eigenvalue weighted by Crippen LogP contribution is 2.29. The highest BCUT2D eigenvalue weighted by atomic mass is 16.5. The Balaban J connectivity index is 1.97. The minimum absolute atomic E-state index is 0.210. The Labute approximate surface area is 95.3 Å². The second kappa shape index (κ2) is 5.07. The summed E-state index contributed by atoms with van der Waals surface area (Å²) in [5.74, 6) is 1.38. The number of ether oxygens (including phenoxy) is 3. The Hall–Kier alpha value is -1.42. The third-order valence-corrected chi connectivity index (χ3v) is 2.64. The summed E-state index contributed by atoms with van der Waals surface area (Å²) in [4.78, 5) is 0. The van der Waals surface area contributed by atoms with E-state index in [0.717, 1.165) is 19.4 Å². The molecule has 1 atom stereocenters. The molecule has 1 fully saturated rings. The number of hydrogen-bond acceptors (Lipinski definition) is 4. The van der Waals surface area contributed by atoms with E-state index in [0.29, 0.717) is 23.8 Å². The largest absolute Gasteiger partial charge is 0.493 e. The average molecular weight is 223 g/mol. The fourth-order valence-corrected chi connectivity index (χ4v) is 1.76. The summed E-state index contributed by atoms with van der Waals surface area (Å²) in [5.41, 5.74) is 6.33. The maximum absolute atomic E-state index is 5.66. The standard InChI is InChI=1S/C12H17NO3/c1-14-12-7-9(13)4-5-11(12)16-8-10-3-2-6-15-10/h4-5,7,10H,2-3,6,8,13H2,1H3/t10-/m1/s1. The van der Waals surface area contributed by atoms with Crippen molar-refractivity contribution in [2.75, 3.05) is 26.1 Å². The zero-order chi connectivity index (χ0) is 11.4. The predicted molar refractivity (Wildman–Crippen MR) is 61.9 cm³/mol. The monoisotopic (exact) mass is 223 g/mol. The number of benzene rings is 1. The van der Waals surface area contributed by atoms with Crippen LogP contribution in [0.15, 0.2) is 18.2 Å². The summed E-state index contributed by atoms with van der Waals surface area (Å²) >= 11 is 0. The van der Waals surface area contributed by atoms with Crippen LogP contribution in [-0.4, -0.2) is 26.4 Å². The van der Waals surface area contributed by atoms with Crippen LogP contribution in [0.3, 0.4) is 0 Å². The third kappa shape index (κ3) is 2.58. The number of nitrogens with two attached hydrogens (primary N) is 1. The molecular formula is C12H17NO3. The van der Waals surface area contributed by atoms with Crippen LogP contribution in [0.5, 0.6) is 11.5 Å². The van der Waals surface area contributed by atoms with E-state index in [4.69, 9.17) is 19.9 Å². The van der Waals surface area contributed by atoms with Crippen molar-refractivity contribution in [3.05, 3.63) is 18.2 Å². The van der Waals surface area contributed by atoms with E-state index in [1.807, 2.05) is 6.07 Å². The minimum Gasteiger partial charge on any atom is -0.493 e. The minimum atomic E-state index is 0.210. The molecule has 1 heterocycles. The van der Waals surface area contributed by atoms with E-state index >= 15 is 0 Å². The molecule has 88 valence electrons. The maximum atomic E-state index is 5.66. The van der Waals surface area contributed by atoms with Gasteiger partial charge in [0.25, 0.3) is 0 Å². The number of hydrogen-bond donors (Lipinski definition) is 1. The van der Waals surface area contributed by atoms with Gasteiger partial charge in [-0.2, -0.15) is 0 Å². The highest BCUT2D eigenvalue weighted by Gasteiger charge is 2.16. The molecule has 0 unspecified atom stereocenters. The van der Waals surface area contributed by atoms with Crippen LogP contribution in [-0.2, 0) is 4.74 Å². The number of methoxy groups -OCH3 is 1. The van der Waals surface area contributed by atoms with Crippen LogP contribution in [0.25, 0.3) is 0 Å². The van der Waals surface area contributed by atoms with Gasteiger partial charge in [0.2, 0.25) is 0 Å². The SMILES string of the molecule is COc1cc(N)ccc1OC[C@H]1CCCO1. The summed E-state index contributed by atoms with van der Waals surface area (Å²) < 4.78 is 16.3. The molecule has 4 nitrogen and oxygen atoms in total. The molecule has 4 heteroatoms. The molecule has 16 heavy (non-hydrogen) atoms. The molecule has 0 radical (unpaired) electrons. The molecule has 2 rings (SSSR count).